The maximum atomic E-state index is 10.5. The minimum Gasteiger partial charge on any atom is -0.491 e. The molecule has 0 unspecified atom stereocenters. The van der Waals surface area contributed by atoms with E-state index in [4.69, 9.17) is 4.74 Å². The van der Waals surface area contributed by atoms with E-state index in [1.807, 2.05) is 42.7 Å². The third-order valence-electron chi connectivity index (χ3n) is 5.76. The van der Waals surface area contributed by atoms with Gasteiger partial charge in [0.2, 0.25) is 0 Å². The highest BCUT2D eigenvalue weighted by atomic mass is 16.5. The molecule has 5 heteroatoms. The zero-order chi connectivity index (χ0) is 20.3. The average molecular weight is 398 g/mol. The summed E-state index contributed by atoms with van der Waals surface area (Å²) in [5.74, 6) is 0.850. The van der Waals surface area contributed by atoms with Crippen molar-refractivity contribution in [3.63, 3.8) is 0 Å². The molecule has 5 nitrogen and oxygen atoms in total. The first kappa shape index (κ1) is 21.8. The maximum Gasteiger partial charge on any atom is 0.123 e. The standard InChI is InChI=1S/C24H35N3O2/c1-27(22-8-3-2-4-9-22)18-23(28)19-29-24-10-6-5-7-21(24)17-26-16-13-20-11-14-25-15-12-20/h5-7,10-12,14-15,22-23,26,28H,2-4,8-9,13,16-19H2,1H3/t23-/m0/s1. The predicted molar refractivity (Wildman–Crippen MR) is 117 cm³/mol. The summed E-state index contributed by atoms with van der Waals surface area (Å²) < 4.78 is 5.98. The molecular formula is C24H35N3O2. The Kier molecular flexibility index (Phi) is 8.93. The van der Waals surface area contributed by atoms with Crippen LogP contribution in [0.15, 0.2) is 48.8 Å². The van der Waals surface area contributed by atoms with Crippen LogP contribution in [0.25, 0.3) is 0 Å². The Hall–Kier alpha value is -1.95. The molecule has 158 valence electrons. The second-order valence-electron chi connectivity index (χ2n) is 8.09. The van der Waals surface area contributed by atoms with Gasteiger partial charge in [-0.2, -0.15) is 0 Å². The molecule has 3 rings (SSSR count). The summed E-state index contributed by atoms with van der Waals surface area (Å²) in [4.78, 5) is 6.36. The van der Waals surface area contributed by atoms with Crippen LogP contribution in [0.1, 0.15) is 43.2 Å². The normalized spacial score (nSPS) is 16.1. The van der Waals surface area contributed by atoms with Crippen LogP contribution in [0, 0.1) is 0 Å². The fourth-order valence-electron chi connectivity index (χ4n) is 4.04. The average Bonchev–Trinajstić information content (AvgIpc) is 2.77. The molecule has 1 aliphatic rings. The number of aliphatic hydroxyl groups is 1. The summed E-state index contributed by atoms with van der Waals surface area (Å²) in [5.41, 5.74) is 2.40. The van der Waals surface area contributed by atoms with Gasteiger partial charge in [0.1, 0.15) is 18.5 Å². The topological polar surface area (TPSA) is 57.6 Å². The lowest BCUT2D eigenvalue weighted by atomic mass is 9.94. The van der Waals surface area contributed by atoms with E-state index in [-0.39, 0.29) is 0 Å². The van der Waals surface area contributed by atoms with E-state index in [9.17, 15) is 5.11 Å². The lowest BCUT2D eigenvalue weighted by Crippen LogP contribution is -2.40. The molecule has 2 aromatic rings. The van der Waals surface area contributed by atoms with Crippen LogP contribution in [-0.2, 0) is 13.0 Å². The van der Waals surface area contributed by atoms with E-state index in [0.717, 1.165) is 30.8 Å². The quantitative estimate of drug-likeness (QED) is 0.569. The highest BCUT2D eigenvalue weighted by molar-refractivity contribution is 5.33. The van der Waals surface area contributed by atoms with Gasteiger partial charge in [-0.25, -0.2) is 0 Å². The smallest absolute Gasteiger partial charge is 0.123 e. The van der Waals surface area contributed by atoms with Crippen molar-refractivity contribution in [3.8, 4) is 5.75 Å². The van der Waals surface area contributed by atoms with Gasteiger partial charge in [0.05, 0.1) is 0 Å². The second-order valence-corrected chi connectivity index (χ2v) is 8.09. The van der Waals surface area contributed by atoms with Crippen molar-refractivity contribution >= 4 is 0 Å². The molecule has 1 aromatic heterocycles. The van der Waals surface area contributed by atoms with Gasteiger partial charge in [-0.3, -0.25) is 4.98 Å². The van der Waals surface area contributed by atoms with Crippen LogP contribution in [-0.4, -0.2) is 53.9 Å². The predicted octanol–water partition coefficient (Wildman–Crippen LogP) is 3.42. The molecule has 1 aromatic carbocycles. The number of aromatic nitrogens is 1. The Morgan fingerprint density at radius 3 is 2.69 bits per heavy atom. The van der Waals surface area contributed by atoms with Gasteiger partial charge < -0.3 is 20.1 Å². The number of pyridine rings is 1. The third-order valence-corrected chi connectivity index (χ3v) is 5.76. The second kappa shape index (κ2) is 11.9. The molecule has 1 saturated carbocycles. The summed E-state index contributed by atoms with van der Waals surface area (Å²) in [6.45, 7) is 2.63. The van der Waals surface area contributed by atoms with Crippen LogP contribution >= 0.6 is 0 Å². The third kappa shape index (κ3) is 7.42. The Morgan fingerprint density at radius 1 is 1.14 bits per heavy atom. The van der Waals surface area contributed by atoms with Crippen molar-refractivity contribution in [1.82, 2.24) is 15.2 Å². The van der Waals surface area contributed by atoms with Crippen LogP contribution in [0.3, 0.4) is 0 Å². The molecule has 2 N–H and O–H groups in total. The molecule has 29 heavy (non-hydrogen) atoms. The molecule has 1 atom stereocenters. The molecular weight excluding hydrogens is 362 g/mol. The molecule has 0 bridgehead atoms. The number of nitrogens with one attached hydrogen (secondary N) is 1. The van der Waals surface area contributed by atoms with Gasteiger partial charge in [0, 0.05) is 37.1 Å². The first-order valence-corrected chi connectivity index (χ1v) is 10.9. The van der Waals surface area contributed by atoms with Crippen LogP contribution < -0.4 is 10.1 Å². The van der Waals surface area contributed by atoms with Crippen molar-refractivity contribution in [2.45, 2.75) is 57.2 Å². The van der Waals surface area contributed by atoms with Crippen molar-refractivity contribution < 1.29 is 9.84 Å². The fourth-order valence-corrected chi connectivity index (χ4v) is 4.04. The number of ether oxygens (including phenoxy) is 1. The van der Waals surface area contributed by atoms with Crippen LogP contribution in [0.4, 0.5) is 0 Å². The Morgan fingerprint density at radius 2 is 1.90 bits per heavy atom. The first-order valence-electron chi connectivity index (χ1n) is 10.9. The van der Waals surface area contributed by atoms with Gasteiger partial charge in [-0.05, 0) is 56.6 Å². The van der Waals surface area contributed by atoms with Gasteiger partial charge in [-0.1, -0.05) is 37.5 Å². The van der Waals surface area contributed by atoms with Crippen molar-refractivity contribution in [1.29, 1.82) is 0 Å². The molecule has 0 amide bonds. The fraction of sp³-hybridized carbons (Fsp3) is 0.542. The number of nitrogens with zero attached hydrogens (tertiary/aromatic N) is 2. The molecule has 0 spiro atoms. The molecule has 0 radical (unpaired) electrons. The van der Waals surface area contributed by atoms with Gasteiger partial charge in [-0.15, -0.1) is 0 Å². The minimum absolute atomic E-state index is 0.324. The van der Waals surface area contributed by atoms with Gasteiger partial charge in [0.25, 0.3) is 0 Å². The number of benzene rings is 1. The van der Waals surface area contributed by atoms with Gasteiger partial charge >= 0.3 is 0 Å². The molecule has 1 aliphatic carbocycles. The zero-order valence-electron chi connectivity index (χ0n) is 17.6. The van der Waals surface area contributed by atoms with E-state index < -0.39 is 6.10 Å². The van der Waals surface area contributed by atoms with E-state index in [1.165, 1.54) is 37.7 Å². The van der Waals surface area contributed by atoms with E-state index in [1.54, 1.807) is 0 Å². The Labute approximate surface area is 175 Å². The monoisotopic (exact) mass is 397 g/mol. The first-order chi connectivity index (χ1) is 14.2. The van der Waals surface area contributed by atoms with Crippen molar-refractivity contribution in [3.05, 3.63) is 59.9 Å². The summed E-state index contributed by atoms with van der Waals surface area (Å²) in [5, 5.41) is 13.9. The summed E-state index contributed by atoms with van der Waals surface area (Å²) in [6, 6.07) is 12.8. The van der Waals surface area contributed by atoms with E-state index in [2.05, 4.69) is 28.3 Å². The molecule has 0 saturated heterocycles. The van der Waals surface area contributed by atoms with Crippen molar-refractivity contribution in [2.75, 3.05) is 26.7 Å². The number of aliphatic hydroxyl groups excluding tert-OH is 1. The number of rotatable bonds is 11. The van der Waals surface area contributed by atoms with E-state index >= 15 is 0 Å². The zero-order valence-corrected chi connectivity index (χ0v) is 17.6. The summed E-state index contributed by atoms with van der Waals surface area (Å²) in [6.07, 6.45) is 10.6. The largest absolute Gasteiger partial charge is 0.491 e. The molecule has 1 heterocycles. The lowest BCUT2D eigenvalue weighted by molar-refractivity contribution is 0.0558. The minimum atomic E-state index is -0.477. The van der Waals surface area contributed by atoms with E-state index in [0.29, 0.717) is 19.2 Å². The molecule has 1 fully saturated rings. The highest BCUT2D eigenvalue weighted by Gasteiger charge is 2.20. The lowest BCUT2D eigenvalue weighted by Gasteiger charge is -2.32. The van der Waals surface area contributed by atoms with Crippen LogP contribution in [0.2, 0.25) is 0 Å². The number of likely N-dealkylation sites (N-methyl/N-ethyl adjacent to an activating group) is 1. The number of hydrogen-bond donors (Lipinski definition) is 2. The summed E-state index contributed by atoms with van der Waals surface area (Å²) in [7, 11) is 2.12. The Balaban J connectivity index is 1.41. The summed E-state index contributed by atoms with van der Waals surface area (Å²) >= 11 is 0. The number of hydrogen-bond acceptors (Lipinski definition) is 5. The van der Waals surface area contributed by atoms with Crippen molar-refractivity contribution in [2.24, 2.45) is 0 Å². The maximum absolute atomic E-state index is 10.5. The Bertz CT molecular complexity index is 704. The highest BCUT2D eigenvalue weighted by Crippen LogP contribution is 2.22. The number of para-hydroxylation sites is 1. The van der Waals surface area contributed by atoms with Crippen LogP contribution in [0.5, 0.6) is 5.75 Å². The molecule has 0 aliphatic heterocycles. The SMILES string of the molecule is CN(C[C@H](O)COc1ccccc1CNCCc1ccncc1)C1CCCCC1. The van der Waals surface area contributed by atoms with Gasteiger partial charge in [0.15, 0.2) is 0 Å².